The van der Waals surface area contributed by atoms with Gasteiger partial charge < -0.3 is 21.1 Å². The molecular weight excluding hydrogens is 420 g/mol. The quantitative estimate of drug-likeness (QED) is 0.425. The number of benzene rings is 1. The van der Waals surface area contributed by atoms with Gasteiger partial charge >= 0.3 is 12.2 Å². The van der Waals surface area contributed by atoms with Gasteiger partial charge in [-0.15, -0.1) is 0 Å². The van der Waals surface area contributed by atoms with E-state index in [1.54, 1.807) is 12.1 Å². The van der Waals surface area contributed by atoms with Gasteiger partial charge in [0.25, 0.3) is 0 Å². The Labute approximate surface area is 173 Å². The number of nitrogens with zero attached hydrogens (tertiary/aromatic N) is 3. The zero-order valence-corrected chi connectivity index (χ0v) is 15.9. The first-order valence-corrected chi connectivity index (χ1v) is 9.04. The van der Waals surface area contributed by atoms with Gasteiger partial charge in [0.15, 0.2) is 5.69 Å². The minimum Gasteiger partial charge on any atom is -0.395 e. The Balaban J connectivity index is 1.70. The van der Waals surface area contributed by atoms with Crippen molar-refractivity contribution in [2.24, 2.45) is 0 Å². The van der Waals surface area contributed by atoms with Crippen molar-refractivity contribution in [3.05, 3.63) is 65.9 Å². The van der Waals surface area contributed by atoms with Gasteiger partial charge in [-0.2, -0.15) is 18.3 Å². The molecule has 2 amide bonds. The fourth-order valence-corrected chi connectivity index (χ4v) is 2.62. The summed E-state index contributed by atoms with van der Waals surface area (Å²) in [5, 5.41) is 20.1. The lowest BCUT2D eigenvalue weighted by atomic mass is 10.3. The Morgan fingerprint density at radius 2 is 1.97 bits per heavy atom. The van der Waals surface area contributed by atoms with E-state index in [4.69, 9.17) is 5.11 Å². The highest BCUT2D eigenvalue weighted by Crippen LogP contribution is 2.29. The summed E-state index contributed by atoms with van der Waals surface area (Å²) in [6.45, 7) is -0.0412. The van der Waals surface area contributed by atoms with Crippen molar-refractivity contribution in [2.75, 3.05) is 23.8 Å². The van der Waals surface area contributed by atoms with Crippen LogP contribution in [0.3, 0.4) is 0 Å². The van der Waals surface area contributed by atoms with Crippen LogP contribution in [0.1, 0.15) is 11.4 Å². The lowest BCUT2D eigenvalue weighted by molar-refractivity contribution is -0.141. The molecule has 2 aromatic heterocycles. The highest BCUT2D eigenvalue weighted by molar-refractivity contribution is 5.89. The van der Waals surface area contributed by atoms with E-state index < -0.39 is 23.7 Å². The third-order valence-electron chi connectivity index (χ3n) is 4.00. The van der Waals surface area contributed by atoms with Crippen LogP contribution in [0, 0.1) is 5.82 Å². The number of nitrogens with one attached hydrogen (secondary N) is 3. The van der Waals surface area contributed by atoms with Gasteiger partial charge in [-0.1, -0.05) is 6.07 Å². The van der Waals surface area contributed by atoms with Gasteiger partial charge in [0, 0.05) is 6.54 Å². The summed E-state index contributed by atoms with van der Waals surface area (Å²) >= 11 is 0. The number of aliphatic hydroxyl groups is 1. The molecule has 0 atom stereocenters. The maximum absolute atomic E-state index is 13.5. The number of hydrogen-bond acceptors (Lipinski definition) is 5. The topological polar surface area (TPSA) is 104 Å². The molecule has 8 nitrogen and oxygen atoms in total. The number of aromatic nitrogens is 3. The van der Waals surface area contributed by atoms with Crippen LogP contribution in [0.15, 0.2) is 48.7 Å². The number of urea groups is 1. The summed E-state index contributed by atoms with van der Waals surface area (Å²) in [7, 11) is 0. The van der Waals surface area contributed by atoms with Crippen LogP contribution in [-0.2, 0) is 12.7 Å². The summed E-state index contributed by atoms with van der Waals surface area (Å²) in [6.07, 6.45) is -3.33. The molecule has 0 saturated carbocycles. The van der Waals surface area contributed by atoms with Gasteiger partial charge in [-0.25, -0.2) is 18.9 Å². The van der Waals surface area contributed by atoms with Crippen molar-refractivity contribution >= 4 is 17.5 Å². The smallest absolute Gasteiger partial charge is 0.395 e. The first-order valence-electron chi connectivity index (χ1n) is 9.04. The van der Waals surface area contributed by atoms with Gasteiger partial charge in [0.2, 0.25) is 0 Å². The lowest BCUT2D eigenvalue weighted by Crippen LogP contribution is -2.29. The van der Waals surface area contributed by atoms with Gasteiger partial charge in [0.05, 0.1) is 36.4 Å². The zero-order chi connectivity index (χ0) is 22.4. The predicted octanol–water partition coefficient (Wildman–Crippen LogP) is 3.15. The molecule has 1 aromatic carbocycles. The van der Waals surface area contributed by atoms with E-state index >= 15 is 0 Å². The number of halogens is 4. The number of rotatable bonds is 7. The van der Waals surface area contributed by atoms with E-state index in [1.165, 1.54) is 18.3 Å². The van der Waals surface area contributed by atoms with Crippen LogP contribution in [0.4, 0.5) is 33.9 Å². The number of alkyl halides is 3. The molecule has 0 aliphatic rings. The Morgan fingerprint density at radius 3 is 2.61 bits per heavy atom. The standard InChI is InChI=1S/C19H18F4N6O2/c20-12-2-1-3-14(8-12)29-15(9-16(28-29)19(21,22)23)11-26-18(31)27-13-4-5-17(25-10-13)24-6-7-30/h1-5,8-10,30H,6-7,11H2,(H,24,25)(H2,26,27,31). The molecule has 0 fully saturated rings. The van der Waals surface area contributed by atoms with Crippen molar-refractivity contribution in [1.29, 1.82) is 0 Å². The molecule has 3 rings (SSSR count). The molecule has 0 aliphatic carbocycles. The van der Waals surface area contributed by atoms with Gasteiger partial charge in [-0.05, 0) is 36.4 Å². The van der Waals surface area contributed by atoms with E-state index in [9.17, 15) is 22.4 Å². The molecule has 12 heteroatoms. The van der Waals surface area contributed by atoms with Crippen molar-refractivity contribution in [1.82, 2.24) is 20.1 Å². The number of aliphatic hydroxyl groups excluding tert-OH is 1. The van der Waals surface area contributed by atoms with Crippen LogP contribution >= 0.6 is 0 Å². The second-order valence-electron chi connectivity index (χ2n) is 6.30. The van der Waals surface area contributed by atoms with Crippen molar-refractivity contribution in [3.8, 4) is 5.69 Å². The molecule has 0 bridgehead atoms. The molecule has 0 aliphatic heterocycles. The summed E-state index contributed by atoms with van der Waals surface area (Å²) < 4.78 is 53.7. The van der Waals surface area contributed by atoms with Crippen LogP contribution in [0.2, 0.25) is 0 Å². The molecule has 31 heavy (non-hydrogen) atoms. The molecule has 0 radical (unpaired) electrons. The van der Waals surface area contributed by atoms with Crippen molar-refractivity contribution in [2.45, 2.75) is 12.7 Å². The lowest BCUT2D eigenvalue weighted by Gasteiger charge is -2.10. The minimum atomic E-state index is -4.70. The molecule has 4 N–H and O–H groups in total. The SMILES string of the molecule is O=C(NCc1cc(C(F)(F)F)nn1-c1cccc(F)c1)Nc1ccc(NCCO)nc1. The third kappa shape index (κ3) is 5.92. The van der Waals surface area contributed by atoms with Crippen LogP contribution in [-0.4, -0.2) is 39.1 Å². The molecule has 164 valence electrons. The number of carbonyl (C=O) groups is 1. The summed E-state index contributed by atoms with van der Waals surface area (Å²) in [5.74, 6) is -0.138. The van der Waals surface area contributed by atoms with Crippen LogP contribution < -0.4 is 16.0 Å². The predicted molar refractivity (Wildman–Crippen MR) is 104 cm³/mol. The fourth-order valence-electron chi connectivity index (χ4n) is 2.62. The second-order valence-corrected chi connectivity index (χ2v) is 6.30. The van der Waals surface area contributed by atoms with Gasteiger partial charge in [-0.3, -0.25) is 0 Å². The average molecular weight is 438 g/mol. The average Bonchev–Trinajstić information content (AvgIpc) is 3.17. The maximum Gasteiger partial charge on any atom is 0.435 e. The number of anilines is 2. The Hall–Kier alpha value is -3.67. The molecule has 0 spiro atoms. The first kappa shape index (κ1) is 22.0. The van der Waals surface area contributed by atoms with E-state index in [0.29, 0.717) is 18.1 Å². The largest absolute Gasteiger partial charge is 0.435 e. The second kappa shape index (κ2) is 9.43. The molecule has 2 heterocycles. The van der Waals surface area contributed by atoms with Gasteiger partial charge in [0.1, 0.15) is 11.6 Å². The number of amides is 2. The Morgan fingerprint density at radius 1 is 1.16 bits per heavy atom. The van der Waals surface area contributed by atoms with E-state index in [1.807, 2.05) is 0 Å². The minimum absolute atomic E-state index is 0.00903. The highest BCUT2D eigenvalue weighted by Gasteiger charge is 2.35. The molecular formula is C19H18F4N6O2. The Kier molecular flexibility index (Phi) is 6.70. The Bertz CT molecular complexity index is 1040. The van der Waals surface area contributed by atoms with Crippen molar-refractivity contribution < 1.29 is 27.5 Å². The van der Waals surface area contributed by atoms with E-state index in [-0.39, 0.29) is 24.5 Å². The van der Waals surface area contributed by atoms with Crippen LogP contribution in [0.25, 0.3) is 5.69 Å². The van der Waals surface area contributed by atoms with Crippen LogP contribution in [0.5, 0.6) is 0 Å². The number of carbonyl (C=O) groups excluding carboxylic acids is 1. The molecule has 0 saturated heterocycles. The first-order chi connectivity index (χ1) is 14.8. The maximum atomic E-state index is 13.5. The fraction of sp³-hybridized carbons (Fsp3) is 0.211. The van der Waals surface area contributed by atoms with E-state index in [2.05, 4.69) is 26.0 Å². The molecule has 3 aromatic rings. The number of pyridine rings is 1. The normalized spacial score (nSPS) is 11.3. The number of hydrogen-bond donors (Lipinski definition) is 4. The third-order valence-corrected chi connectivity index (χ3v) is 4.00. The zero-order valence-electron chi connectivity index (χ0n) is 15.9. The van der Waals surface area contributed by atoms with E-state index in [0.717, 1.165) is 22.9 Å². The van der Waals surface area contributed by atoms with Crippen molar-refractivity contribution in [3.63, 3.8) is 0 Å². The highest BCUT2D eigenvalue weighted by atomic mass is 19.4. The summed E-state index contributed by atoms with van der Waals surface area (Å²) in [6, 6.07) is 8.18. The summed E-state index contributed by atoms with van der Waals surface area (Å²) in [5.41, 5.74) is -0.719. The monoisotopic (exact) mass is 438 g/mol. The molecule has 0 unspecified atom stereocenters. The summed E-state index contributed by atoms with van der Waals surface area (Å²) in [4.78, 5) is 16.2.